The van der Waals surface area contributed by atoms with Gasteiger partial charge in [-0.1, -0.05) is 12.1 Å². The summed E-state index contributed by atoms with van der Waals surface area (Å²) in [4.78, 5) is 24.5. The number of amides is 2. The van der Waals surface area contributed by atoms with Crippen molar-refractivity contribution in [2.75, 3.05) is 11.9 Å². The Morgan fingerprint density at radius 3 is 2.65 bits per heavy atom. The lowest BCUT2D eigenvalue weighted by Gasteiger charge is -2.21. The molecule has 5 heteroatoms. The summed E-state index contributed by atoms with van der Waals surface area (Å²) < 4.78 is 5.53. The first-order valence-electron chi connectivity index (χ1n) is 8.18. The Morgan fingerprint density at radius 2 is 2.00 bits per heavy atom. The van der Waals surface area contributed by atoms with Gasteiger partial charge in [0, 0.05) is 18.6 Å². The van der Waals surface area contributed by atoms with Crippen LogP contribution in [0.25, 0.3) is 0 Å². The molecular formula is C18H26N2O3. The summed E-state index contributed by atoms with van der Waals surface area (Å²) in [6.45, 7) is 6.57. The van der Waals surface area contributed by atoms with E-state index < -0.39 is 0 Å². The van der Waals surface area contributed by atoms with Crippen LogP contribution in [0.4, 0.5) is 5.69 Å². The van der Waals surface area contributed by atoms with Gasteiger partial charge in [-0.25, -0.2) is 0 Å². The molecule has 0 radical (unpaired) electrons. The highest BCUT2D eigenvalue weighted by atomic mass is 16.5. The Morgan fingerprint density at radius 1 is 1.26 bits per heavy atom. The molecule has 1 heterocycles. The number of anilines is 1. The topological polar surface area (TPSA) is 67.4 Å². The minimum atomic E-state index is -0.325. The minimum absolute atomic E-state index is 0.0866. The van der Waals surface area contributed by atoms with Crippen molar-refractivity contribution < 1.29 is 14.3 Å². The second-order valence-corrected chi connectivity index (χ2v) is 6.97. The van der Waals surface area contributed by atoms with Crippen molar-refractivity contribution in [3.05, 3.63) is 29.8 Å². The van der Waals surface area contributed by atoms with Gasteiger partial charge in [0.2, 0.25) is 5.91 Å². The Bertz CT molecular complexity index is 558. The molecule has 1 atom stereocenters. The van der Waals surface area contributed by atoms with Gasteiger partial charge in [0.25, 0.3) is 5.91 Å². The van der Waals surface area contributed by atoms with Crippen molar-refractivity contribution in [3.8, 4) is 0 Å². The number of rotatable bonds is 5. The van der Waals surface area contributed by atoms with E-state index in [-0.39, 0.29) is 23.5 Å². The van der Waals surface area contributed by atoms with Gasteiger partial charge in [-0.15, -0.1) is 0 Å². The molecule has 0 saturated carbocycles. The Labute approximate surface area is 137 Å². The number of carbonyl (C=O) groups is 2. The maximum Gasteiger partial charge on any atom is 0.253 e. The van der Waals surface area contributed by atoms with Gasteiger partial charge in [-0.05, 0) is 52.2 Å². The molecule has 1 unspecified atom stereocenters. The first-order valence-corrected chi connectivity index (χ1v) is 8.18. The molecule has 1 aromatic rings. The second-order valence-electron chi connectivity index (χ2n) is 6.97. The molecular weight excluding hydrogens is 292 g/mol. The number of hydrogen-bond acceptors (Lipinski definition) is 3. The maximum absolute atomic E-state index is 12.3. The average Bonchev–Trinajstić information content (AvgIpc) is 2.97. The molecule has 0 bridgehead atoms. The number of nitrogens with one attached hydrogen (secondary N) is 2. The van der Waals surface area contributed by atoms with E-state index in [0.717, 1.165) is 25.9 Å². The molecule has 0 spiro atoms. The van der Waals surface area contributed by atoms with Gasteiger partial charge in [-0.3, -0.25) is 9.59 Å². The number of carbonyl (C=O) groups excluding carboxylic acids is 2. The monoisotopic (exact) mass is 318 g/mol. The highest BCUT2D eigenvalue weighted by Gasteiger charge is 2.20. The van der Waals surface area contributed by atoms with E-state index in [9.17, 15) is 9.59 Å². The summed E-state index contributed by atoms with van der Waals surface area (Å²) in [5, 5.41) is 5.76. The Hall–Kier alpha value is -1.88. The number of benzene rings is 1. The van der Waals surface area contributed by atoms with Crippen molar-refractivity contribution in [1.82, 2.24) is 5.32 Å². The predicted octanol–water partition coefficient (Wildman–Crippen LogP) is 3.11. The summed E-state index contributed by atoms with van der Waals surface area (Å²) >= 11 is 0. The van der Waals surface area contributed by atoms with Gasteiger partial charge >= 0.3 is 0 Å². The molecule has 2 rings (SSSR count). The lowest BCUT2D eigenvalue weighted by molar-refractivity contribution is -0.116. The van der Waals surface area contributed by atoms with E-state index in [1.54, 1.807) is 18.2 Å². The van der Waals surface area contributed by atoms with Gasteiger partial charge in [0.05, 0.1) is 17.4 Å². The fourth-order valence-corrected chi connectivity index (χ4v) is 2.57. The highest BCUT2D eigenvalue weighted by Crippen LogP contribution is 2.19. The van der Waals surface area contributed by atoms with E-state index in [1.807, 2.05) is 26.8 Å². The summed E-state index contributed by atoms with van der Waals surface area (Å²) in [5.74, 6) is -0.274. The van der Waals surface area contributed by atoms with Crippen LogP contribution in [-0.2, 0) is 9.53 Å². The molecule has 23 heavy (non-hydrogen) atoms. The molecule has 1 aromatic carbocycles. The third-order valence-electron chi connectivity index (χ3n) is 3.65. The van der Waals surface area contributed by atoms with Crippen LogP contribution < -0.4 is 10.6 Å². The van der Waals surface area contributed by atoms with Crippen molar-refractivity contribution >= 4 is 17.5 Å². The SMILES string of the molecule is CC(C)(C)NC(=O)c1ccccc1NC(=O)CCC1CCCO1. The van der Waals surface area contributed by atoms with Crippen LogP contribution in [-0.4, -0.2) is 30.1 Å². The Kier molecular flexibility index (Phi) is 5.77. The van der Waals surface area contributed by atoms with Gasteiger partial charge in [0.15, 0.2) is 0 Å². The van der Waals surface area contributed by atoms with Crippen LogP contribution in [0.15, 0.2) is 24.3 Å². The lowest BCUT2D eigenvalue weighted by Crippen LogP contribution is -2.40. The van der Waals surface area contributed by atoms with Gasteiger partial charge in [-0.2, -0.15) is 0 Å². The van der Waals surface area contributed by atoms with Crippen molar-refractivity contribution in [1.29, 1.82) is 0 Å². The molecule has 1 aliphatic heterocycles. The fraction of sp³-hybridized carbons (Fsp3) is 0.556. The molecule has 5 nitrogen and oxygen atoms in total. The van der Waals surface area contributed by atoms with Crippen LogP contribution in [0.2, 0.25) is 0 Å². The van der Waals surface area contributed by atoms with Crippen LogP contribution in [0, 0.1) is 0 Å². The maximum atomic E-state index is 12.3. The molecule has 2 amide bonds. The minimum Gasteiger partial charge on any atom is -0.378 e. The third kappa shape index (κ3) is 5.67. The first kappa shape index (κ1) is 17.5. The second kappa shape index (κ2) is 7.59. The zero-order valence-electron chi connectivity index (χ0n) is 14.1. The molecule has 126 valence electrons. The standard InChI is InChI=1S/C18H26N2O3/c1-18(2,3)20-17(22)14-8-4-5-9-15(14)19-16(21)11-10-13-7-6-12-23-13/h4-5,8-9,13H,6-7,10-12H2,1-3H3,(H,19,21)(H,20,22). The van der Waals surface area contributed by atoms with Crippen LogP contribution in [0.3, 0.4) is 0 Å². The van der Waals surface area contributed by atoms with E-state index in [0.29, 0.717) is 17.7 Å². The van der Waals surface area contributed by atoms with E-state index in [1.165, 1.54) is 0 Å². The van der Waals surface area contributed by atoms with E-state index in [4.69, 9.17) is 4.74 Å². The smallest absolute Gasteiger partial charge is 0.253 e. The van der Waals surface area contributed by atoms with Crippen molar-refractivity contribution in [2.24, 2.45) is 0 Å². The lowest BCUT2D eigenvalue weighted by atomic mass is 10.1. The number of hydrogen-bond donors (Lipinski definition) is 2. The van der Waals surface area contributed by atoms with E-state index in [2.05, 4.69) is 10.6 Å². The zero-order chi connectivity index (χ0) is 16.9. The van der Waals surface area contributed by atoms with Crippen LogP contribution >= 0.6 is 0 Å². The number of para-hydroxylation sites is 1. The normalized spacial score (nSPS) is 17.8. The molecule has 0 aliphatic carbocycles. The Balaban J connectivity index is 1.96. The molecule has 0 aromatic heterocycles. The third-order valence-corrected chi connectivity index (χ3v) is 3.65. The highest BCUT2D eigenvalue weighted by molar-refractivity contribution is 6.03. The summed E-state index contributed by atoms with van der Waals surface area (Å²) in [6.07, 6.45) is 3.42. The van der Waals surface area contributed by atoms with Crippen LogP contribution in [0.5, 0.6) is 0 Å². The molecule has 1 fully saturated rings. The van der Waals surface area contributed by atoms with Crippen LogP contribution in [0.1, 0.15) is 56.8 Å². The fourth-order valence-electron chi connectivity index (χ4n) is 2.57. The largest absolute Gasteiger partial charge is 0.378 e. The average molecular weight is 318 g/mol. The van der Waals surface area contributed by atoms with Gasteiger partial charge < -0.3 is 15.4 Å². The van der Waals surface area contributed by atoms with Gasteiger partial charge in [0.1, 0.15) is 0 Å². The quantitative estimate of drug-likeness (QED) is 0.876. The van der Waals surface area contributed by atoms with Crippen molar-refractivity contribution in [3.63, 3.8) is 0 Å². The zero-order valence-corrected chi connectivity index (χ0v) is 14.1. The number of ether oxygens (including phenoxy) is 1. The van der Waals surface area contributed by atoms with E-state index >= 15 is 0 Å². The predicted molar refractivity (Wildman–Crippen MR) is 90.5 cm³/mol. The summed E-state index contributed by atoms with van der Waals surface area (Å²) in [7, 11) is 0. The summed E-state index contributed by atoms with van der Waals surface area (Å²) in [5.41, 5.74) is 0.702. The molecule has 2 N–H and O–H groups in total. The van der Waals surface area contributed by atoms with Crippen molar-refractivity contribution in [2.45, 2.75) is 58.1 Å². The summed E-state index contributed by atoms with van der Waals surface area (Å²) in [6, 6.07) is 7.07. The molecule has 1 saturated heterocycles. The first-order chi connectivity index (χ1) is 10.8. The molecule has 1 aliphatic rings.